The maximum atomic E-state index is 11.0. The SMILES string of the molecule is CCCOc1ccccc1C1(O)CCCSC1C. The first-order valence-corrected chi connectivity index (χ1v) is 7.79. The van der Waals surface area contributed by atoms with Crippen LogP contribution in [0.15, 0.2) is 24.3 Å². The Labute approximate surface area is 114 Å². The minimum absolute atomic E-state index is 0.220. The van der Waals surface area contributed by atoms with Gasteiger partial charge >= 0.3 is 0 Å². The van der Waals surface area contributed by atoms with Gasteiger partial charge in [0.15, 0.2) is 0 Å². The van der Waals surface area contributed by atoms with Gasteiger partial charge in [-0.15, -0.1) is 0 Å². The number of hydrogen-bond donors (Lipinski definition) is 1. The van der Waals surface area contributed by atoms with Gasteiger partial charge in [0.05, 0.1) is 6.61 Å². The largest absolute Gasteiger partial charge is 0.493 e. The maximum Gasteiger partial charge on any atom is 0.125 e. The van der Waals surface area contributed by atoms with Gasteiger partial charge in [0.2, 0.25) is 0 Å². The van der Waals surface area contributed by atoms with E-state index in [-0.39, 0.29) is 5.25 Å². The van der Waals surface area contributed by atoms with Crippen molar-refractivity contribution >= 4 is 11.8 Å². The highest BCUT2D eigenvalue weighted by atomic mass is 32.2. The number of aliphatic hydroxyl groups is 1. The highest BCUT2D eigenvalue weighted by molar-refractivity contribution is 8.00. The van der Waals surface area contributed by atoms with Crippen molar-refractivity contribution in [2.75, 3.05) is 12.4 Å². The Balaban J connectivity index is 2.30. The molecule has 1 saturated heterocycles. The number of rotatable bonds is 4. The molecule has 2 rings (SSSR count). The van der Waals surface area contributed by atoms with Crippen LogP contribution in [0.5, 0.6) is 5.75 Å². The fraction of sp³-hybridized carbons (Fsp3) is 0.600. The lowest BCUT2D eigenvalue weighted by atomic mass is 9.85. The van der Waals surface area contributed by atoms with E-state index in [2.05, 4.69) is 13.8 Å². The number of benzene rings is 1. The summed E-state index contributed by atoms with van der Waals surface area (Å²) in [5, 5.41) is 11.2. The summed E-state index contributed by atoms with van der Waals surface area (Å²) < 4.78 is 5.78. The van der Waals surface area contributed by atoms with Crippen LogP contribution in [0.1, 0.15) is 38.7 Å². The molecule has 0 amide bonds. The molecule has 2 nitrogen and oxygen atoms in total. The molecular formula is C15H22O2S. The summed E-state index contributed by atoms with van der Waals surface area (Å²) in [6, 6.07) is 7.93. The summed E-state index contributed by atoms with van der Waals surface area (Å²) in [4.78, 5) is 0. The summed E-state index contributed by atoms with van der Waals surface area (Å²) in [6.07, 6.45) is 2.87. The predicted molar refractivity (Wildman–Crippen MR) is 77.3 cm³/mol. The average Bonchev–Trinajstić information content (AvgIpc) is 2.40. The predicted octanol–water partition coefficient (Wildman–Crippen LogP) is 3.58. The zero-order valence-corrected chi connectivity index (χ0v) is 12.0. The molecule has 0 saturated carbocycles. The number of ether oxygens (including phenoxy) is 1. The Kier molecular flexibility index (Phi) is 4.57. The summed E-state index contributed by atoms with van der Waals surface area (Å²) in [7, 11) is 0. The summed E-state index contributed by atoms with van der Waals surface area (Å²) >= 11 is 1.85. The zero-order valence-electron chi connectivity index (χ0n) is 11.2. The molecule has 2 atom stereocenters. The van der Waals surface area contributed by atoms with Gasteiger partial charge in [-0.3, -0.25) is 0 Å². The number of hydrogen-bond acceptors (Lipinski definition) is 3. The molecule has 0 bridgehead atoms. The van der Waals surface area contributed by atoms with E-state index in [1.807, 2.05) is 36.0 Å². The first kappa shape index (κ1) is 13.8. The van der Waals surface area contributed by atoms with E-state index in [1.54, 1.807) is 0 Å². The van der Waals surface area contributed by atoms with Crippen molar-refractivity contribution in [1.82, 2.24) is 0 Å². The van der Waals surface area contributed by atoms with Gasteiger partial charge in [0.1, 0.15) is 11.4 Å². The Morgan fingerprint density at radius 1 is 1.44 bits per heavy atom. The normalized spacial score (nSPS) is 28.1. The molecule has 2 unspecified atom stereocenters. The molecule has 0 spiro atoms. The van der Waals surface area contributed by atoms with Gasteiger partial charge in [0, 0.05) is 10.8 Å². The molecule has 18 heavy (non-hydrogen) atoms. The fourth-order valence-corrected chi connectivity index (χ4v) is 3.64. The third kappa shape index (κ3) is 2.67. The fourth-order valence-electron chi connectivity index (χ4n) is 2.46. The zero-order chi connectivity index (χ0) is 13.0. The highest BCUT2D eigenvalue weighted by Crippen LogP contribution is 2.44. The van der Waals surface area contributed by atoms with Crippen molar-refractivity contribution in [1.29, 1.82) is 0 Å². The van der Waals surface area contributed by atoms with Crippen LogP contribution >= 0.6 is 11.8 Å². The second-order valence-electron chi connectivity index (χ2n) is 4.89. The van der Waals surface area contributed by atoms with E-state index in [9.17, 15) is 5.11 Å². The van der Waals surface area contributed by atoms with Crippen molar-refractivity contribution in [3.8, 4) is 5.75 Å². The van der Waals surface area contributed by atoms with E-state index in [0.29, 0.717) is 6.61 Å². The van der Waals surface area contributed by atoms with E-state index >= 15 is 0 Å². The Bertz CT molecular complexity index is 394. The minimum atomic E-state index is -0.743. The quantitative estimate of drug-likeness (QED) is 0.903. The van der Waals surface area contributed by atoms with Crippen LogP contribution in [-0.4, -0.2) is 22.7 Å². The second kappa shape index (κ2) is 5.98. The van der Waals surface area contributed by atoms with Gasteiger partial charge < -0.3 is 9.84 Å². The van der Waals surface area contributed by atoms with Gasteiger partial charge in [-0.1, -0.05) is 32.0 Å². The van der Waals surface area contributed by atoms with Crippen molar-refractivity contribution in [2.45, 2.75) is 44.0 Å². The monoisotopic (exact) mass is 266 g/mol. The topological polar surface area (TPSA) is 29.5 Å². The van der Waals surface area contributed by atoms with E-state index < -0.39 is 5.60 Å². The Morgan fingerprint density at radius 3 is 2.94 bits per heavy atom. The van der Waals surface area contributed by atoms with Crippen LogP contribution in [0, 0.1) is 0 Å². The van der Waals surface area contributed by atoms with Gasteiger partial charge in [-0.25, -0.2) is 0 Å². The lowest BCUT2D eigenvalue weighted by Gasteiger charge is -2.38. The van der Waals surface area contributed by atoms with Gasteiger partial charge in [-0.05, 0) is 31.1 Å². The van der Waals surface area contributed by atoms with Crippen LogP contribution < -0.4 is 4.74 Å². The average molecular weight is 266 g/mol. The molecule has 0 radical (unpaired) electrons. The molecule has 1 aromatic rings. The van der Waals surface area contributed by atoms with Crippen LogP contribution in [-0.2, 0) is 5.60 Å². The smallest absolute Gasteiger partial charge is 0.125 e. The van der Waals surface area contributed by atoms with Crippen molar-refractivity contribution in [3.05, 3.63) is 29.8 Å². The van der Waals surface area contributed by atoms with Crippen molar-refractivity contribution < 1.29 is 9.84 Å². The van der Waals surface area contributed by atoms with Crippen LogP contribution in [0.3, 0.4) is 0 Å². The van der Waals surface area contributed by atoms with E-state index in [1.165, 1.54) is 0 Å². The molecule has 1 N–H and O–H groups in total. The van der Waals surface area contributed by atoms with Gasteiger partial charge in [-0.2, -0.15) is 11.8 Å². The summed E-state index contributed by atoms with van der Waals surface area (Å²) in [5.74, 6) is 1.98. The van der Waals surface area contributed by atoms with Crippen molar-refractivity contribution in [2.24, 2.45) is 0 Å². The Morgan fingerprint density at radius 2 is 2.22 bits per heavy atom. The lowest BCUT2D eigenvalue weighted by Crippen LogP contribution is -2.39. The van der Waals surface area contributed by atoms with E-state index in [4.69, 9.17) is 4.74 Å². The van der Waals surface area contributed by atoms with Crippen LogP contribution in [0.4, 0.5) is 0 Å². The third-order valence-electron chi connectivity index (χ3n) is 3.56. The van der Waals surface area contributed by atoms with Crippen LogP contribution in [0.2, 0.25) is 0 Å². The molecular weight excluding hydrogens is 244 g/mol. The summed E-state index contributed by atoms with van der Waals surface area (Å²) in [5.41, 5.74) is 0.214. The number of thioether (sulfide) groups is 1. The Hall–Kier alpha value is -0.670. The molecule has 1 aliphatic heterocycles. The first-order chi connectivity index (χ1) is 8.68. The van der Waals surface area contributed by atoms with Crippen LogP contribution in [0.25, 0.3) is 0 Å². The number of para-hydroxylation sites is 1. The second-order valence-corrected chi connectivity index (χ2v) is 6.33. The summed E-state index contributed by atoms with van der Waals surface area (Å²) in [6.45, 7) is 4.91. The molecule has 1 aliphatic rings. The van der Waals surface area contributed by atoms with Gasteiger partial charge in [0.25, 0.3) is 0 Å². The molecule has 1 fully saturated rings. The standard InChI is InChI=1S/C15H22O2S/c1-3-10-17-14-8-5-4-7-13(14)15(16)9-6-11-18-12(15)2/h4-5,7-8,12,16H,3,6,9-11H2,1-2H3. The maximum absolute atomic E-state index is 11.0. The lowest BCUT2D eigenvalue weighted by molar-refractivity contribution is 0.0226. The molecule has 0 aromatic heterocycles. The minimum Gasteiger partial charge on any atom is -0.493 e. The molecule has 1 aromatic carbocycles. The molecule has 0 aliphatic carbocycles. The molecule has 3 heteroatoms. The third-order valence-corrected chi connectivity index (χ3v) is 4.97. The molecule has 100 valence electrons. The molecule has 1 heterocycles. The first-order valence-electron chi connectivity index (χ1n) is 6.74. The van der Waals surface area contributed by atoms with E-state index in [0.717, 1.165) is 36.3 Å². The van der Waals surface area contributed by atoms with Crippen molar-refractivity contribution in [3.63, 3.8) is 0 Å². The highest BCUT2D eigenvalue weighted by Gasteiger charge is 2.40.